The van der Waals surface area contributed by atoms with Crippen LogP contribution in [0.5, 0.6) is 5.75 Å². The highest BCUT2D eigenvalue weighted by molar-refractivity contribution is 9.10. The van der Waals surface area contributed by atoms with Gasteiger partial charge in [-0.2, -0.15) is 13.2 Å². The molecule has 2 aromatic rings. The van der Waals surface area contributed by atoms with Gasteiger partial charge >= 0.3 is 6.18 Å². The van der Waals surface area contributed by atoms with Crippen molar-refractivity contribution in [3.8, 4) is 5.75 Å². The molecule has 0 fully saturated rings. The molecular formula is C13H9BrF3NO. The minimum Gasteiger partial charge on any atom is -0.487 e. The van der Waals surface area contributed by atoms with E-state index >= 15 is 0 Å². The van der Waals surface area contributed by atoms with Crippen LogP contribution in [0.25, 0.3) is 0 Å². The van der Waals surface area contributed by atoms with Crippen LogP contribution in [-0.2, 0) is 12.8 Å². The topological polar surface area (TPSA) is 22.1 Å². The van der Waals surface area contributed by atoms with Crippen LogP contribution >= 0.6 is 15.9 Å². The maximum atomic E-state index is 12.5. The minimum atomic E-state index is -4.34. The summed E-state index contributed by atoms with van der Waals surface area (Å²) in [7, 11) is 0. The monoisotopic (exact) mass is 331 g/mol. The zero-order chi connectivity index (χ0) is 13.9. The summed E-state index contributed by atoms with van der Waals surface area (Å²) >= 11 is 3.18. The fourth-order valence-corrected chi connectivity index (χ4v) is 1.69. The van der Waals surface area contributed by atoms with E-state index in [1.54, 1.807) is 18.2 Å². The average Bonchev–Trinajstić information content (AvgIpc) is 2.37. The molecule has 0 atom stereocenters. The number of halogens is 4. The van der Waals surface area contributed by atoms with Gasteiger partial charge in [0.15, 0.2) is 0 Å². The van der Waals surface area contributed by atoms with E-state index in [0.29, 0.717) is 15.9 Å². The molecule has 1 heterocycles. The first kappa shape index (κ1) is 13.9. The summed E-state index contributed by atoms with van der Waals surface area (Å²) < 4.78 is 43.6. The summed E-state index contributed by atoms with van der Waals surface area (Å²) in [6.07, 6.45) is -2.84. The summed E-state index contributed by atoms with van der Waals surface area (Å²) in [4.78, 5) is 3.96. The summed E-state index contributed by atoms with van der Waals surface area (Å²) in [5.74, 6) is 0.501. The van der Waals surface area contributed by atoms with Crippen molar-refractivity contribution in [2.75, 3.05) is 0 Å². The second kappa shape index (κ2) is 5.61. The third kappa shape index (κ3) is 3.96. The first-order valence-corrected chi connectivity index (χ1v) is 6.15. The average molecular weight is 332 g/mol. The molecule has 100 valence electrons. The zero-order valence-corrected chi connectivity index (χ0v) is 11.2. The Morgan fingerprint density at radius 3 is 2.58 bits per heavy atom. The van der Waals surface area contributed by atoms with Crippen molar-refractivity contribution >= 4 is 15.9 Å². The zero-order valence-electron chi connectivity index (χ0n) is 9.62. The van der Waals surface area contributed by atoms with Gasteiger partial charge in [0.1, 0.15) is 17.0 Å². The van der Waals surface area contributed by atoms with E-state index in [1.807, 2.05) is 0 Å². The first-order chi connectivity index (χ1) is 8.95. The van der Waals surface area contributed by atoms with E-state index in [2.05, 4.69) is 20.9 Å². The largest absolute Gasteiger partial charge is 0.487 e. The van der Waals surface area contributed by atoms with Gasteiger partial charge in [0, 0.05) is 0 Å². The standard InChI is InChI=1S/C13H9BrF3NO/c14-12-5-4-11(7-18-12)19-8-9-2-1-3-10(6-9)13(15,16)17/h1-7H,8H2. The van der Waals surface area contributed by atoms with E-state index < -0.39 is 11.7 Å². The van der Waals surface area contributed by atoms with Crippen molar-refractivity contribution in [3.63, 3.8) is 0 Å². The Labute approximate surface area is 116 Å². The molecule has 0 saturated heterocycles. The predicted octanol–water partition coefficient (Wildman–Crippen LogP) is 4.44. The smallest absolute Gasteiger partial charge is 0.416 e. The highest BCUT2D eigenvalue weighted by Gasteiger charge is 2.30. The third-order valence-corrected chi connectivity index (χ3v) is 2.83. The van der Waals surface area contributed by atoms with Crippen LogP contribution < -0.4 is 4.74 Å². The number of ether oxygens (including phenoxy) is 1. The molecule has 0 spiro atoms. The van der Waals surface area contributed by atoms with Gasteiger partial charge in [-0.25, -0.2) is 4.98 Å². The Morgan fingerprint density at radius 1 is 1.16 bits per heavy atom. The molecule has 0 unspecified atom stereocenters. The van der Waals surface area contributed by atoms with Crippen LogP contribution in [0.4, 0.5) is 13.2 Å². The molecule has 2 nitrogen and oxygen atoms in total. The lowest BCUT2D eigenvalue weighted by Gasteiger charge is -2.09. The molecule has 0 aliphatic rings. The normalized spacial score (nSPS) is 11.4. The second-order valence-electron chi connectivity index (χ2n) is 3.80. The van der Waals surface area contributed by atoms with Crippen LogP contribution in [0, 0.1) is 0 Å². The molecule has 1 aromatic heterocycles. The number of hydrogen-bond acceptors (Lipinski definition) is 2. The summed E-state index contributed by atoms with van der Waals surface area (Å²) in [6.45, 7) is 0.0627. The van der Waals surface area contributed by atoms with Crippen LogP contribution in [0.15, 0.2) is 47.2 Å². The van der Waals surface area contributed by atoms with Crippen LogP contribution in [-0.4, -0.2) is 4.98 Å². The lowest BCUT2D eigenvalue weighted by atomic mass is 10.1. The van der Waals surface area contributed by atoms with Crippen molar-refractivity contribution in [2.24, 2.45) is 0 Å². The molecule has 0 saturated carbocycles. The van der Waals surface area contributed by atoms with E-state index in [9.17, 15) is 13.2 Å². The fourth-order valence-electron chi connectivity index (χ4n) is 1.45. The number of pyridine rings is 1. The van der Waals surface area contributed by atoms with Gasteiger partial charge in [-0.1, -0.05) is 12.1 Å². The Kier molecular flexibility index (Phi) is 4.09. The van der Waals surface area contributed by atoms with Gasteiger partial charge < -0.3 is 4.74 Å². The number of nitrogens with zero attached hydrogens (tertiary/aromatic N) is 1. The summed E-state index contributed by atoms with van der Waals surface area (Å²) in [5.41, 5.74) is -0.222. The van der Waals surface area contributed by atoms with Crippen LogP contribution in [0.1, 0.15) is 11.1 Å². The molecule has 6 heteroatoms. The maximum absolute atomic E-state index is 12.5. The lowest BCUT2D eigenvalue weighted by molar-refractivity contribution is -0.137. The van der Waals surface area contributed by atoms with Gasteiger partial charge in [-0.05, 0) is 45.8 Å². The molecular weight excluding hydrogens is 323 g/mol. The number of aromatic nitrogens is 1. The van der Waals surface area contributed by atoms with E-state index in [0.717, 1.165) is 12.1 Å². The maximum Gasteiger partial charge on any atom is 0.416 e. The highest BCUT2D eigenvalue weighted by Crippen LogP contribution is 2.29. The molecule has 0 amide bonds. The first-order valence-electron chi connectivity index (χ1n) is 5.35. The quantitative estimate of drug-likeness (QED) is 0.775. The van der Waals surface area contributed by atoms with Crippen molar-refractivity contribution in [3.05, 3.63) is 58.3 Å². The number of alkyl halides is 3. The Balaban J connectivity index is 2.05. The van der Waals surface area contributed by atoms with Crippen molar-refractivity contribution in [1.29, 1.82) is 0 Å². The predicted molar refractivity (Wildman–Crippen MR) is 67.7 cm³/mol. The van der Waals surface area contributed by atoms with Crippen molar-refractivity contribution in [2.45, 2.75) is 12.8 Å². The summed E-state index contributed by atoms with van der Waals surface area (Å²) in [5, 5.41) is 0. The van der Waals surface area contributed by atoms with Gasteiger partial charge in [0.2, 0.25) is 0 Å². The molecule has 0 aliphatic carbocycles. The Morgan fingerprint density at radius 2 is 1.95 bits per heavy atom. The van der Waals surface area contributed by atoms with E-state index in [4.69, 9.17) is 4.74 Å². The molecule has 0 aliphatic heterocycles. The number of hydrogen-bond donors (Lipinski definition) is 0. The highest BCUT2D eigenvalue weighted by atomic mass is 79.9. The molecule has 0 bridgehead atoms. The van der Waals surface area contributed by atoms with Crippen LogP contribution in [0.3, 0.4) is 0 Å². The number of rotatable bonds is 3. The molecule has 0 N–H and O–H groups in total. The SMILES string of the molecule is FC(F)(F)c1cccc(COc2ccc(Br)nc2)c1. The molecule has 2 rings (SSSR count). The second-order valence-corrected chi connectivity index (χ2v) is 4.62. The van der Waals surface area contributed by atoms with Crippen molar-refractivity contribution in [1.82, 2.24) is 4.98 Å². The molecule has 19 heavy (non-hydrogen) atoms. The Hall–Kier alpha value is -1.56. The van der Waals surface area contributed by atoms with Crippen molar-refractivity contribution < 1.29 is 17.9 Å². The third-order valence-electron chi connectivity index (χ3n) is 2.36. The van der Waals surface area contributed by atoms with E-state index in [1.165, 1.54) is 12.3 Å². The lowest BCUT2D eigenvalue weighted by Crippen LogP contribution is -2.06. The van der Waals surface area contributed by atoms with Gasteiger partial charge in [0.05, 0.1) is 11.8 Å². The summed E-state index contributed by atoms with van der Waals surface area (Å²) in [6, 6.07) is 8.44. The van der Waals surface area contributed by atoms with Gasteiger partial charge in [-0.15, -0.1) is 0 Å². The van der Waals surface area contributed by atoms with Crippen LogP contribution in [0.2, 0.25) is 0 Å². The van der Waals surface area contributed by atoms with Gasteiger partial charge in [-0.3, -0.25) is 0 Å². The molecule has 0 radical (unpaired) electrons. The van der Waals surface area contributed by atoms with E-state index in [-0.39, 0.29) is 6.61 Å². The fraction of sp³-hybridized carbons (Fsp3) is 0.154. The Bertz CT molecular complexity index is 555. The minimum absolute atomic E-state index is 0.0627. The van der Waals surface area contributed by atoms with Gasteiger partial charge in [0.25, 0.3) is 0 Å². The number of benzene rings is 1. The molecule has 1 aromatic carbocycles.